The predicted molar refractivity (Wildman–Crippen MR) is 81.8 cm³/mol. The van der Waals surface area contributed by atoms with Gasteiger partial charge in [-0.25, -0.2) is 0 Å². The van der Waals surface area contributed by atoms with Crippen molar-refractivity contribution in [2.24, 2.45) is 0 Å². The number of ether oxygens (including phenoxy) is 2. The number of aromatic nitrogens is 3. The lowest BCUT2D eigenvalue weighted by atomic mass is 10.2. The van der Waals surface area contributed by atoms with Crippen molar-refractivity contribution in [1.29, 1.82) is 0 Å². The van der Waals surface area contributed by atoms with Gasteiger partial charge in [-0.3, -0.25) is 0 Å². The normalized spacial score (nSPS) is 10.4. The fourth-order valence-corrected chi connectivity index (χ4v) is 1.85. The van der Waals surface area contributed by atoms with E-state index in [0.717, 1.165) is 24.2 Å². The van der Waals surface area contributed by atoms with Crippen LogP contribution in [-0.2, 0) is 0 Å². The molecule has 0 bridgehead atoms. The summed E-state index contributed by atoms with van der Waals surface area (Å²) in [5.41, 5.74) is 0.775. The van der Waals surface area contributed by atoms with Crippen LogP contribution < -0.4 is 9.47 Å². The molecule has 0 radical (unpaired) electrons. The Balaban J connectivity index is 2.34. The summed E-state index contributed by atoms with van der Waals surface area (Å²) in [4.78, 5) is 12.4. The Labute approximate surface area is 129 Å². The zero-order valence-electron chi connectivity index (χ0n) is 12.2. The number of benzene rings is 1. The van der Waals surface area contributed by atoms with Gasteiger partial charge in [-0.15, -0.1) is 0 Å². The molecule has 2 rings (SSSR count). The molecule has 0 aliphatic carbocycles. The van der Waals surface area contributed by atoms with Crippen molar-refractivity contribution < 1.29 is 9.47 Å². The van der Waals surface area contributed by atoms with E-state index in [9.17, 15) is 0 Å². The maximum Gasteiger partial charge on any atom is 0.321 e. The third kappa shape index (κ3) is 4.29. The minimum atomic E-state index is 0.108. The minimum absolute atomic E-state index is 0.108. The molecule has 5 nitrogen and oxygen atoms in total. The second-order valence-corrected chi connectivity index (χ2v) is 4.74. The molecule has 21 heavy (non-hydrogen) atoms. The van der Waals surface area contributed by atoms with E-state index in [4.69, 9.17) is 21.1 Å². The van der Waals surface area contributed by atoms with Crippen LogP contribution in [0.4, 0.5) is 0 Å². The number of hydrogen-bond donors (Lipinski definition) is 0. The maximum atomic E-state index is 5.95. The lowest BCUT2D eigenvalue weighted by Crippen LogP contribution is -2.04. The second-order valence-electron chi connectivity index (χ2n) is 4.40. The smallest absolute Gasteiger partial charge is 0.321 e. The monoisotopic (exact) mass is 307 g/mol. The van der Waals surface area contributed by atoms with Crippen LogP contribution in [0.1, 0.15) is 26.7 Å². The summed E-state index contributed by atoms with van der Waals surface area (Å²) in [7, 11) is 0. The maximum absolute atomic E-state index is 5.95. The molecule has 0 unspecified atom stereocenters. The molecule has 0 saturated heterocycles. The van der Waals surface area contributed by atoms with Gasteiger partial charge in [0.15, 0.2) is 5.82 Å². The van der Waals surface area contributed by atoms with Gasteiger partial charge in [-0.2, -0.15) is 15.0 Å². The summed E-state index contributed by atoms with van der Waals surface area (Å²) in [6.45, 7) is 5.24. The van der Waals surface area contributed by atoms with E-state index < -0.39 is 0 Å². The highest BCUT2D eigenvalue weighted by Gasteiger charge is 2.12. The number of halogens is 1. The first-order valence-electron chi connectivity index (χ1n) is 7.01. The fraction of sp³-hybridized carbons (Fsp3) is 0.400. The summed E-state index contributed by atoms with van der Waals surface area (Å²) >= 11 is 5.95. The summed E-state index contributed by atoms with van der Waals surface area (Å²) in [5.74, 6) is 1.18. The molecule has 0 amide bonds. The molecule has 0 N–H and O–H groups in total. The van der Waals surface area contributed by atoms with Gasteiger partial charge in [-0.1, -0.05) is 26.0 Å². The van der Waals surface area contributed by atoms with E-state index in [1.54, 1.807) is 0 Å². The molecule has 0 saturated carbocycles. The Morgan fingerprint density at radius 2 is 1.67 bits per heavy atom. The van der Waals surface area contributed by atoms with Gasteiger partial charge < -0.3 is 9.47 Å². The lowest BCUT2D eigenvalue weighted by Gasteiger charge is -2.10. The predicted octanol–water partition coefficient (Wildman–Crippen LogP) is 3.77. The van der Waals surface area contributed by atoms with E-state index in [2.05, 4.69) is 21.9 Å². The van der Waals surface area contributed by atoms with Crippen LogP contribution in [-0.4, -0.2) is 28.2 Å². The molecule has 0 atom stereocenters. The summed E-state index contributed by atoms with van der Waals surface area (Å²) in [5, 5.41) is 0.108. The van der Waals surface area contributed by atoms with Crippen molar-refractivity contribution in [3.8, 4) is 23.1 Å². The number of nitrogens with zero attached hydrogens (tertiary/aromatic N) is 3. The van der Waals surface area contributed by atoms with Crippen molar-refractivity contribution in [1.82, 2.24) is 15.0 Å². The lowest BCUT2D eigenvalue weighted by molar-refractivity contribution is 0.291. The van der Waals surface area contributed by atoms with Gasteiger partial charge in [-0.05, 0) is 36.6 Å². The number of rotatable bonds is 7. The zero-order chi connectivity index (χ0) is 15.1. The molecule has 0 aliphatic rings. The summed E-state index contributed by atoms with van der Waals surface area (Å²) in [6.07, 6.45) is 1.80. The van der Waals surface area contributed by atoms with Crippen LogP contribution >= 0.6 is 11.6 Å². The molecule has 2 aromatic rings. The molecule has 1 aromatic carbocycles. The van der Waals surface area contributed by atoms with E-state index in [1.807, 2.05) is 31.2 Å². The largest absolute Gasteiger partial charge is 0.493 e. The third-order valence-electron chi connectivity index (χ3n) is 2.61. The Morgan fingerprint density at radius 1 is 0.952 bits per heavy atom. The first kappa shape index (κ1) is 15.5. The second kappa shape index (κ2) is 7.78. The van der Waals surface area contributed by atoms with Gasteiger partial charge in [0, 0.05) is 0 Å². The van der Waals surface area contributed by atoms with Crippen LogP contribution in [0.3, 0.4) is 0 Å². The van der Waals surface area contributed by atoms with E-state index >= 15 is 0 Å². The standard InChI is InChI=1S/C15H18ClN3O2/c1-3-9-20-12-8-6-5-7-11(12)13-17-14(16)19-15(18-13)21-10-4-2/h5-8H,3-4,9-10H2,1-2H3. The highest BCUT2D eigenvalue weighted by atomic mass is 35.5. The van der Waals surface area contributed by atoms with Crippen molar-refractivity contribution in [3.63, 3.8) is 0 Å². The molecule has 1 heterocycles. The zero-order valence-corrected chi connectivity index (χ0v) is 12.9. The Bertz CT molecular complexity index is 593. The summed E-state index contributed by atoms with van der Waals surface area (Å²) < 4.78 is 11.1. The molecule has 112 valence electrons. The average molecular weight is 308 g/mol. The van der Waals surface area contributed by atoms with E-state index in [-0.39, 0.29) is 11.3 Å². The molecule has 0 aliphatic heterocycles. The topological polar surface area (TPSA) is 57.1 Å². The van der Waals surface area contributed by atoms with Gasteiger partial charge in [0.1, 0.15) is 5.75 Å². The van der Waals surface area contributed by atoms with Gasteiger partial charge in [0.25, 0.3) is 0 Å². The fourth-order valence-electron chi connectivity index (χ4n) is 1.70. The molecule has 1 aromatic heterocycles. The van der Waals surface area contributed by atoms with Crippen molar-refractivity contribution >= 4 is 11.6 Å². The SMILES string of the molecule is CCCOc1nc(Cl)nc(-c2ccccc2OCCC)n1. The number of hydrogen-bond acceptors (Lipinski definition) is 5. The van der Waals surface area contributed by atoms with Crippen LogP contribution in [0.5, 0.6) is 11.8 Å². The first-order valence-corrected chi connectivity index (χ1v) is 7.39. The molecular formula is C15H18ClN3O2. The van der Waals surface area contributed by atoms with Crippen molar-refractivity contribution in [2.75, 3.05) is 13.2 Å². The van der Waals surface area contributed by atoms with Crippen LogP contribution in [0.2, 0.25) is 5.28 Å². The van der Waals surface area contributed by atoms with Crippen LogP contribution in [0, 0.1) is 0 Å². The molecule has 0 spiro atoms. The van der Waals surface area contributed by atoms with Crippen molar-refractivity contribution in [3.05, 3.63) is 29.5 Å². The Kier molecular flexibility index (Phi) is 5.75. The molecule has 0 fully saturated rings. The highest BCUT2D eigenvalue weighted by molar-refractivity contribution is 6.28. The average Bonchev–Trinajstić information content (AvgIpc) is 2.50. The highest BCUT2D eigenvalue weighted by Crippen LogP contribution is 2.28. The van der Waals surface area contributed by atoms with Crippen LogP contribution in [0.15, 0.2) is 24.3 Å². The Morgan fingerprint density at radius 3 is 2.43 bits per heavy atom. The summed E-state index contributed by atoms with van der Waals surface area (Å²) in [6, 6.07) is 7.82. The first-order chi connectivity index (χ1) is 10.2. The molecule has 6 heteroatoms. The van der Waals surface area contributed by atoms with Crippen molar-refractivity contribution in [2.45, 2.75) is 26.7 Å². The molecular weight excluding hydrogens is 290 g/mol. The van der Waals surface area contributed by atoms with Gasteiger partial charge >= 0.3 is 6.01 Å². The van der Waals surface area contributed by atoms with Crippen LogP contribution in [0.25, 0.3) is 11.4 Å². The van der Waals surface area contributed by atoms with Gasteiger partial charge in [0.2, 0.25) is 5.28 Å². The number of para-hydroxylation sites is 1. The third-order valence-corrected chi connectivity index (χ3v) is 2.78. The van der Waals surface area contributed by atoms with E-state index in [1.165, 1.54) is 0 Å². The van der Waals surface area contributed by atoms with Gasteiger partial charge in [0.05, 0.1) is 18.8 Å². The minimum Gasteiger partial charge on any atom is -0.493 e. The van der Waals surface area contributed by atoms with E-state index in [0.29, 0.717) is 19.0 Å². The Hall–Kier alpha value is -1.88. The quantitative estimate of drug-likeness (QED) is 0.779.